The van der Waals surface area contributed by atoms with Gasteiger partial charge in [0.25, 0.3) is 5.91 Å². The molecule has 5 heteroatoms. The zero-order chi connectivity index (χ0) is 10.1. The normalized spacial score (nSPS) is 21.6. The van der Waals surface area contributed by atoms with Gasteiger partial charge in [0.15, 0.2) is 5.69 Å². The van der Waals surface area contributed by atoms with Crippen molar-refractivity contribution in [2.75, 3.05) is 13.1 Å². The second-order valence-corrected chi connectivity index (χ2v) is 3.65. The number of aromatic nitrogens is 1. The first-order valence-electron chi connectivity index (χ1n) is 4.64. The Bertz CT molecular complexity index is 348. The fraction of sp³-hybridized carbons (Fsp3) is 0.556. The summed E-state index contributed by atoms with van der Waals surface area (Å²) in [6.45, 7) is 3.14. The first-order chi connectivity index (χ1) is 6.68. The minimum atomic E-state index is -0.0794. The van der Waals surface area contributed by atoms with E-state index in [9.17, 15) is 4.79 Å². The highest BCUT2D eigenvalue weighted by molar-refractivity contribution is 5.93. The van der Waals surface area contributed by atoms with Crippen LogP contribution in [0.25, 0.3) is 0 Å². The Hall–Kier alpha value is -1.36. The second-order valence-electron chi connectivity index (χ2n) is 3.65. The Kier molecular flexibility index (Phi) is 2.25. The van der Waals surface area contributed by atoms with Crippen molar-refractivity contribution in [3.63, 3.8) is 0 Å². The Labute approximate surface area is 81.8 Å². The Balaban J connectivity index is 2.13. The summed E-state index contributed by atoms with van der Waals surface area (Å²) in [5.74, 6) is -0.0794. The van der Waals surface area contributed by atoms with Crippen LogP contribution in [0.15, 0.2) is 10.8 Å². The fourth-order valence-corrected chi connectivity index (χ4v) is 1.62. The molecule has 0 radical (unpaired) electrons. The molecule has 0 spiro atoms. The van der Waals surface area contributed by atoms with Crippen LogP contribution in [0.1, 0.15) is 22.5 Å². The molecule has 1 aromatic heterocycles. The number of nitrogens with two attached hydrogens (primary N) is 1. The zero-order valence-electron chi connectivity index (χ0n) is 8.06. The minimum Gasteiger partial charge on any atom is -0.364 e. The zero-order valence-corrected chi connectivity index (χ0v) is 8.06. The highest BCUT2D eigenvalue weighted by Gasteiger charge is 2.27. The number of amides is 1. The Morgan fingerprint density at radius 3 is 3.07 bits per heavy atom. The van der Waals surface area contributed by atoms with Crippen LogP contribution in [-0.4, -0.2) is 35.1 Å². The van der Waals surface area contributed by atoms with E-state index in [1.165, 1.54) is 6.26 Å². The molecule has 1 atom stereocenters. The summed E-state index contributed by atoms with van der Waals surface area (Å²) in [7, 11) is 0. The first kappa shape index (κ1) is 9.21. The van der Waals surface area contributed by atoms with Gasteiger partial charge in [-0.2, -0.15) is 0 Å². The molecule has 1 aliphatic heterocycles. The van der Waals surface area contributed by atoms with Gasteiger partial charge in [-0.15, -0.1) is 0 Å². The Morgan fingerprint density at radius 1 is 1.79 bits per heavy atom. The SMILES string of the molecule is Cc1conc1C(=O)N1CCC(N)C1. The minimum absolute atomic E-state index is 0.0794. The smallest absolute Gasteiger partial charge is 0.276 e. The van der Waals surface area contributed by atoms with Crippen LogP contribution in [0.3, 0.4) is 0 Å². The molecule has 1 saturated heterocycles. The number of carbonyl (C=O) groups is 1. The monoisotopic (exact) mass is 195 g/mol. The Morgan fingerprint density at radius 2 is 2.57 bits per heavy atom. The van der Waals surface area contributed by atoms with Crippen molar-refractivity contribution in [1.29, 1.82) is 0 Å². The van der Waals surface area contributed by atoms with Crippen molar-refractivity contribution in [3.05, 3.63) is 17.5 Å². The summed E-state index contributed by atoms with van der Waals surface area (Å²) < 4.78 is 4.72. The predicted octanol–water partition coefficient (Wildman–Crippen LogP) is 0.156. The fourth-order valence-electron chi connectivity index (χ4n) is 1.62. The summed E-state index contributed by atoms with van der Waals surface area (Å²) in [6.07, 6.45) is 2.34. The van der Waals surface area contributed by atoms with Crippen molar-refractivity contribution < 1.29 is 9.32 Å². The van der Waals surface area contributed by atoms with Gasteiger partial charge in [-0.05, 0) is 13.3 Å². The van der Waals surface area contributed by atoms with E-state index in [4.69, 9.17) is 10.3 Å². The van der Waals surface area contributed by atoms with E-state index in [0.717, 1.165) is 12.0 Å². The highest BCUT2D eigenvalue weighted by atomic mass is 16.5. The molecule has 14 heavy (non-hydrogen) atoms. The van der Waals surface area contributed by atoms with Crippen LogP contribution in [-0.2, 0) is 0 Å². The van der Waals surface area contributed by atoms with Gasteiger partial charge in [0.2, 0.25) is 0 Å². The van der Waals surface area contributed by atoms with Gasteiger partial charge in [0, 0.05) is 24.7 Å². The lowest BCUT2D eigenvalue weighted by Gasteiger charge is -2.13. The number of hydrogen-bond acceptors (Lipinski definition) is 4. The molecule has 0 aliphatic carbocycles. The van der Waals surface area contributed by atoms with Crippen molar-refractivity contribution >= 4 is 5.91 Å². The molecule has 0 aromatic carbocycles. The number of rotatable bonds is 1. The van der Waals surface area contributed by atoms with Gasteiger partial charge in [0.1, 0.15) is 6.26 Å². The van der Waals surface area contributed by atoms with Gasteiger partial charge in [-0.1, -0.05) is 5.16 Å². The molecule has 76 valence electrons. The van der Waals surface area contributed by atoms with Gasteiger partial charge < -0.3 is 15.2 Å². The van der Waals surface area contributed by atoms with E-state index < -0.39 is 0 Å². The van der Waals surface area contributed by atoms with E-state index >= 15 is 0 Å². The van der Waals surface area contributed by atoms with Crippen molar-refractivity contribution in [2.24, 2.45) is 5.73 Å². The molecule has 2 N–H and O–H groups in total. The lowest BCUT2D eigenvalue weighted by Crippen LogP contribution is -2.32. The van der Waals surface area contributed by atoms with Gasteiger partial charge >= 0.3 is 0 Å². The molecule has 0 bridgehead atoms. The maximum absolute atomic E-state index is 11.8. The third-order valence-corrected chi connectivity index (χ3v) is 2.46. The van der Waals surface area contributed by atoms with Gasteiger partial charge in [-0.25, -0.2) is 0 Å². The number of nitrogens with zero attached hydrogens (tertiary/aromatic N) is 2. The number of carbonyl (C=O) groups excluding carboxylic acids is 1. The number of hydrogen-bond donors (Lipinski definition) is 1. The van der Waals surface area contributed by atoms with Crippen LogP contribution in [0.4, 0.5) is 0 Å². The van der Waals surface area contributed by atoms with Crippen LogP contribution in [0, 0.1) is 6.92 Å². The average molecular weight is 195 g/mol. The van der Waals surface area contributed by atoms with Crippen LogP contribution in [0.2, 0.25) is 0 Å². The molecule has 5 nitrogen and oxygen atoms in total. The van der Waals surface area contributed by atoms with E-state index in [1.807, 2.05) is 0 Å². The molecular weight excluding hydrogens is 182 g/mol. The van der Waals surface area contributed by atoms with Crippen LogP contribution >= 0.6 is 0 Å². The maximum Gasteiger partial charge on any atom is 0.276 e. The second kappa shape index (κ2) is 3.42. The summed E-state index contributed by atoms with van der Waals surface area (Å²) in [4.78, 5) is 13.5. The van der Waals surface area contributed by atoms with Crippen LogP contribution < -0.4 is 5.73 Å². The van der Waals surface area contributed by atoms with Crippen molar-refractivity contribution in [3.8, 4) is 0 Å². The molecule has 2 heterocycles. The molecule has 1 aromatic rings. The summed E-state index contributed by atoms with van der Waals surface area (Å²) in [5.41, 5.74) is 6.89. The molecule has 1 amide bonds. The number of likely N-dealkylation sites (tertiary alicyclic amines) is 1. The maximum atomic E-state index is 11.8. The molecule has 0 saturated carbocycles. The molecular formula is C9H13N3O2. The first-order valence-corrected chi connectivity index (χ1v) is 4.64. The predicted molar refractivity (Wildman–Crippen MR) is 49.7 cm³/mol. The van der Waals surface area contributed by atoms with Crippen molar-refractivity contribution in [1.82, 2.24) is 10.1 Å². The van der Waals surface area contributed by atoms with E-state index in [-0.39, 0.29) is 11.9 Å². The topological polar surface area (TPSA) is 72.4 Å². The van der Waals surface area contributed by atoms with E-state index in [1.54, 1.807) is 11.8 Å². The largest absolute Gasteiger partial charge is 0.364 e. The third kappa shape index (κ3) is 1.50. The summed E-state index contributed by atoms with van der Waals surface area (Å²) >= 11 is 0. The van der Waals surface area contributed by atoms with E-state index in [0.29, 0.717) is 18.8 Å². The third-order valence-electron chi connectivity index (χ3n) is 2.46. The van der Waals surface area contributed by atoms with Gasteiger partial charge in [0.05, 0.1) is 0 Å². The van der Waals surface area contributed by atoms with Crippen LogP contribution in [0.5, 0.6) is 0 Å². The number of aryl methyl sites for hydroxylation is 1. The average Bonchev–Trinajstić information content (AvgIpc) is 2.73. The molecule has 1 aliphatic rings. The molecule has 1 unspecified atom stereocenters. The quantitative estimate of drug-likeness (QED) is 0.692. The van der Waals surface area contributed by atoms with Gasteiger partial charge in [-0.3, -0.25) is 4.79 Å². The molecule has 1 fully saturated rings. The highest BCUT2D eigenvalue weighted by Crippen LogP contribution is 2.13. The van der Waals surface area contributed by atoms with E-state index in [2.05, 4.69) is 5.16 Å². The van der Waals surface area contributed by atoms with Crippen molar-refractivity contribution in [2.45, 2.75) is 19.4 Å². The molecule has 2 rings (SSSR count). The standard InChI is InChI=1S/C9H13N3O2/c1-6-5-14-11-8(6)9(13)12-3-2-7(10)4-12/h5,7H,2-4,10H2,1H3. The lowest BCUT2D eigenvalue weighted by atomic mass is 10.2. The lowest BCUT2D eigenvalue weighted by molar-refractivity contribution is 0.0780. The summed E-state index contributed by atoms with van der Waals surface area (Å²) in [6, 6.07) is 0.103. The summed E-state index contributed by atoms with van der Waals surface area (Å²) in [5, 5.41) is 3.68.